The van der Waals surface area contributed by atoms with Crippen molar-refractivity contribution in [1.29, 1.82) is 0 Å². The standard InChI is InChI=1S/C24H22ClFO6/c1-30-21-12-18(14-3-6-17(27)7-4-14)24(31-2)23(29)22(21)15-5-8-20(19(28)11-15)32-10-9-16(26)13-25/h3-9,11-12,27-29H,10,13H2,1-2H3. The smallest absolute Gasteiger partial charge is 0.170 e. The number of halogens is 2. The maximum absolute atomic E-state index is 13.1. The molecule has 0 aliphatic heterocycles. The van der Waals surface area contributed by atoms with Gasteiger partial charge in [0.05, 0.1) is 25.7 Å². The summed E-state index contributed by atoms with van der Waals surface area (Å²) in [5, 5.41) is 30.9. The van der Waals surface area contributed by atoms with Crippen LogP contribution in [0, 0.1) is 0 Å². The maximum Gasteiger partial charge on any atom is 0.170 e. The molecule has 0 heterocycles. The van der Waals surface area contributed by atoms with Gasteiger partial charge in [0.15, 0.2) is 23.0 Å². The zero-order valence-electron chi connectivity index (χ0n) is 17.4. The van der Waals surface area contributed by atoms with E-state index in [-0.39, 0.29) is 41.2 Å². The van der Waals surface area contributed by atoms with Gasteiger partial charge in [-0.2, -0.15) is 0 Å². The maximum atomic E-state index is 13.1. The topological polar surface area (TPSA) is 88.4 Å². The van der Waals surface area contributed by atoms with Crippen LogP contribution in [0.4, 0.5) is 4.39 Å². The molecule has 32 heavy (non-hydrogen) atoms. The fraction of sp³-hybridized carbons (Fsp3) is 0.167. The summed E-state index contributed by atoms with van der Waals surface area (Å²) in [4.78, 5) is 0. The molecule has 0 amide bonds. The number of aromatic hydroxyl groups is 3. The SMILES string of the molecule is COc1cc(-c2ccc(O)cc2)c(OC)c(O)c1-c1ccc(OCC=C(F)CCl)c(O)c1. The Morgan fingerprint density at radius 1 is 0.938 bits per heavy atom. The molecule has 3 N–H and O–H groups in total. The zero-order chi connectivity index (χ0) is 23.3. The van der Waals surface area contributed by atoms with E-state index >= 15 is 0 Å². The minimum absolute atomic E-state index is 0.102. The molecule has 3 aromatic rings. The van der Waals surface area contributed by atoms with Gasteiger partial charge in [0.2, 0.25) is 0 Å². The molecule has 0 aliphatic carbocycles. The van der Waals surface area contributed by atoms with Gasteiger partial charge in [0.25, 0.3) is 0 Å². The molecule has 0 radical (unpaired) electrons. The van der Waals surface area contributed by atoms with Gasteiger partial charge in [-0.05, 0) is 47.5 Å². The second-order valence-corrected chi connectivity index (χ2v) is 6.98. The molecule has 0 bridgehead atoms. The van der Waals surface area contributed by atoms with Crippen LogP contribution in [-0.2, 0) is 0 Å². The van der Waals surface area contributed by atoms with Crippen molar-refractivity contribution < 1.29 is 33.9 Å². The molecular weight excluding hydrogens is 439 g/mol. The monoisotopic (exact) mass is 460 g/mol. The van der Waals surface area contributed by atoms with Crippen molar-refractivity contribution in [2.45, 2.75) is 0 Å². The van der Waals surface area contributed by atoms with E-state index in [1.54, 1.807) is 24.3 Å². The van der Waals surface area contributed by atoms with Crippen molar-refractivity contribution in [1.82, 2.24) is 0 Å². The van der Waals surface area contributed by atoms with Gasteiger partial charge in [0, 0.05) is 5.56 Å². The largest absolute Gasteiger partial charge is 0.508 e. The quantitative estimate of drug-likeness (QED) is 0.378. The molecule has 0 saturated heterocycles. The van der Waals surface area contributed by atoms with Crippen molar-refractivity contribution in [3.8, 4) is 56.8 Å². The van der Waals surface area contributed by atoms with Crippen molar-refractivity contribution in [3.63, 3.8) is 0 Å². The first-order chi connectivity index (χ1) is 15.4. The van der Waals surface area contributed by atoms with E-state index in [4.69, 9.17) is 25.8 Å². The third-order valence-corrected chi connectivity index (χ3v) is 4.99. The molecule has 0 atom stereocenters. The van der Waals surface area contributed by atoms with Crippen LogP contribution in [0.2, 0.25) is 0 Å². The Morgan fingerprint density at radius 3 is 2.22 bits per heavy atom. The van der Waals surface area contributed by atoms with Crippen LogP contribution in [0.15, 0.2) is 60.4 Å². The van der Waals surface area contributed by atoms with Gasteiger partial charge in [-0.25, -0.2) is 4.39 Å². The first-order valence-electron chi connectivity index (χ1n) is 9.53. The van der Waals surface area contributed by atoms with Crippen LogP contribution in [0.1, 0.15) is 0 Å². The molecule has 0 aliphatic rings. The molecular formula is C24H22ClFO6. The molecule has 0 fully saturated rings. The van der Waals surface area contributed by atoms with Crippen LogP contribution in [-0.4, -0.2) is 42.0 Å². The number of hydrogen-bond donors (Lipinski definition) is 3. The fourth-order valence-electron chi connectivity index (χ4n) is 3.20. The second-order valence-electron chi connectivity index (χ2n) is 6.71. The predicted molar refractivity (Wildman–Crippen MR) is 121 cm³/mol. The van der Waals surface area contributed by atoms with E-state index in [9.17, 15) is 19.7 Å². The molecule has 0 spiro atoms. The average Bonchev–Trinajstić information content (AvgIpc) is 2.79. The normalized spacial score (nSPS) is 11.3. The Kier molecular flexibility index (Phi) is 7.33. The van der Waals surface area contributed by atoms with Crippen LogP contribution in [0.5, 0.6) is 34.5 Å². The number of benzene rings is 3. The van der Waals surface area contributed by atoms with E-state index in [2.05, 4.69) is 0 Å². The Labute approximate surface area is 189 Å². The van der Waals surface area contributed by atoms with Crippen LogP contribution in [0.3, 0.4) is 0 Å². The molecule has 0 aromatic heterocycles. The second kappa shape index (κ2) is 10.2. The van der Waals surface area contributed by atoms with Crippen molar-refractivity contribution in [2.75, 3.05) is 26.7 Å². The summed E-state index contributed by atoms with van der Waals surface area (Å²) in [6, 6.07) is 12.6. The lowest BCUT2D eigenvalue weighted by atomic mass is 9.96. The molecule has 8 heteroatoms. The number of rotatable bonds is 8. The number of allylic oxidation sites excluding steroid dienone is 1. The molecule has 0 saturated carbocycles. The van der Waals surface area contributed by atoms with Crippen molar-refractivity contribution in [3.05, 3.63) is 60.4 Å². The van der Waals surface area contributed by atoms with Crippen LogP contribution >= 0.6 is 11.6 Å². The Bertz CT molecular complexity index is 1130. The number of methoxy groups -OCH3 is 2. The predicted octanol–water partition coefficient (Wildman–Crippen LogP) is 5.63. The highest BCUT2D eigenvalue weighted by Crippen LogP contribution is 2.50. The van der Waals surface area contributed by atoms with Crippen molar-refractivity contribution >= 4 is 11.6 Å². The highest BCUT2D eigenvalue weighted by Gasteiger charge is 2.22. The van der Waals surface area contributed by atoms with Gasteiger partial charge in [0.1, 0.15) is 23.9 Å². The average molecular weight is 461 g/mol. The number of alkyl halides is 1. The third kappa shape index (κ3) is 4.84. The molecule has 3 aromatic carbocycles. The van der Waals surface area contributed by atoms with Gasteiger partial charge in [-0.15, -0.1) is 11.6 Å². The lowest BCUT2D eigenvalue weighted by Gasteiger charge is -2.18. The summed E-state index contributed by atoms with van der Waals surface area (Å²) in [5.74, 6) is -0.384. The van der Waals surface area contributed by atoms with E-state index < -0.39 is 5.83 Å². The molecule has 168 valence electrons. The lowest BCUT2D eigenvalue weighted by Crippen LogP contribution is -1.97. The molecule has 0 unspecified atom stereocenters. The van der Waals surface area contributed by atoms with Crippen LogP contribution in [0.25, 0.3) is 22.3 Å². The van der Waals surface area contributed by atoms with Gasteiger partial charge < -0.3 is 29.5 Å². The number of ether oxygens (including phenoxy) is 3. The van der Waals surface area contributed by atoms with E-state index in [0.717, 1.165) is 0 Å². The van der Waals surface area contributed by atoms with Gasteiger partial charge >= 0.3 is 0 Å². The summed E-state index contributed by atoms with van der Waals surface area (Å²) >= 11 is 5.37. The number of phenolic OH excluding ortho intramolecular Hbond substituents is 3. The van der Waals surface area contributed by atoms with Gasteiger partial charge in [-0.1, -0.05) is 18.2 Å². The minimum Gasteiger partial charge on any atom is -0.508 e. The Hall–Kier alpha value is -3.58. The van der Waals surface area contributed by atoms with E-state index in [1.807, 2.05) is 0 Å². The summed E-state index contributed by atoms with van der Waals surface area (Å²) in [6.45, 7) is -0.102. The van der Waals surface area contributed by atoms with Crippen molar-refractivity contribution in [2.24, 2.45) is 0 Å². The van der Waals surface area contributed by atoms with Gasteiger partial charge in [-0.3, -0.25) is 0 Å². The van der Waals surface area contributed by atoms with Crippen LogP contribution < -0.4 is 14.2 Å². The minimum atomic E-state index is -0.529. The Balaban J connectivity index is 2.04. The first-order valence-corrected chi connectivity index (χ1v) is 10.1. The summed E-state index contributed by atoms with van der Waals surface area (Å²) in [7, 11) is 2.89. The summed E-state index contributed by atoms with van der Waals surface area (Å²) < 4.78 is 29.4. The van der Waals surface area contributed by atoms with E-state index in [0.29, 0.717) is 28.0 Å². The number of hydrogen-bond acceptors (Lipinski definition) is 6. The fourth-order valence-corrected chi connectivity index (χ4v) is 3.31. The number of phenols is 3. The zero-order valence-corrected chi connectivity index (χ0v) is 18.2. The summed E-state index contributed by atoms with van der Waals surface area (Å²) in [6.07, 6.45) is 1.17. The van der Waals surface area contributed by atoms with E-state index in [1.165, 1.54) is 44.6 Å². The highest BCUT2D eigenvalue weighted by molar-refractivity contribution is 6.19. The highest BCUT2D eigenvalue weighted by atomic mass is 35.5. The summed E-state index contributed by atoms with van der Waals surface area (Å²) in [5.41, 5.74) is 2.01. The molecule has 3 rings (SSSR count). The Morgan fingerprint density at radius 2 is 1.62 bits per heavy atom. The first kappa shape index (κ1) is 23.1. The lowest BCUT2D eigenvalue weighted by molar-refractivity contribution is 0.333. The molecule has 6 nitrogen and oxygen atoms in total. The third-order valence-electron chi connectivity index (χ3n) is 4.74.